The summed E-state index contributed by atoms with van der Waals surface area (Å²) in [5.41, 5.74) is 1.20. The van der Waals surface area contributed by atoms with E-state index in [0.29, 0.717) is 0 Å². The van der Waals surface area contributed by atoms with Crippen molar-refractivity contribution in [2.45, 2.75) is 19.3 Å². The van der Waals surface area contributed by atoms with Gasteiger partial charge in [-0.2, -0.15) is 0 Å². The Kier molecular flexibility index (Phi) is 5.14. The van der Waals surface area contributed by atoms with Crippen LogP contribution < -0.4 is 5.32 Å². The van der Waals surface area contributed by atoms with Crippen LogP contribution in [-0.4, -0.2) is 38.1 Å². The zero-order chi connectivity index (χ0) is 12.8. The molecule has 2 nitrogen and oxygen atoms in total. The van der Waals surface area contributed by atoms with Gasteiger partial charge in [0.15, 0.2) is 0 Å². The molecule has 1 atom stereocenters. The molecule has 1 aromatic rings. The summed E-state index contributed by atoms with van der Waals surface area (Å²) in [6, 6.07) is 6.80. The lowest BCUT2D eigenvalue weighted by molar-refractivity contribution is 0.206. The normalized spacial score (nSPS) is 21.1. The van der Waals surface area contributed by atoms with Crippen LogP contribution in [0.25, 0.3) is 0 Å². The van der Waals surface area contributed by atoms with E-state index in [4.69, 9.17) is 0 Å². The molecule has 0 bridgehead atoms. The molecule has 2 rings (SSSR count). The van der Waals surface area contributed by atoms with Crippen molar-refractivity contribution in [1.29, 1.82) is 0 Å². The van der Waals surface area contributed by atoms with Gasteiger partial charge in [-0.15, -0.1) is 0 Å². The molecule has 100 valence electrons. The van der Waals surface area contributed by atoms with Gasteiger partial charge >= 0.3 is 0 Å². The molecule has 1 aliphatic heterocycles. The van der Waals surface area contributed by atoms with E-state index < -0.39 is 0 Å². The van der Waals surface area contributed by atoms with Crippen molar-refractivity contribution in [3.05, 3.63) is 35.6 Å². The van der Waals surface area contributed by atoms with Crippen molar-refractivity contribution in [3.8, 4) is 0 Å². The zero-order valence-corrected chi connectivity index (χ0v) is 11.2. The van der Waals surface area contributed by atoms with E-state index in [9.17, 15) is 4.39 Å². The van der Waals surface area contributed by atoms with Crippen molar-refractivity contribution in [1.82, 2.24) is 10.2 Å². The topological polar surface area (TPSA) is 15.3 Å². The molecular weight excluding hydrogens is 227 g/mol. The van der Waals surface area contributed by atoms with Crippen molar-refractivity contribution >= 4 is 0 Å². The van der Waals surface area contributed by atoms with Crippen molar-refractivity contribution < 1.29 is 4.39 Å². The Morgan fingerprint density at radius 1 is 1.33 bits per heavy atom. The van der Waals surface area contributed by atoms with E-state index in [-0.39, 0.29) is 5.82 Å². The van der Waals surface area contributed by atoms with Gasteiger partial charge in [-0.3, -0.25) is 0 Å². The van der Waals surface area contributed by atoms with Crippen LogP contribution in [0.4, 0.5) is 4.39 Å². The van der Waals surface area contributed by atoms with Gasteiger partial charge in [-0.05, 0) is 69.6 Å². The second-order valence-electron chi connectivity index (χ2n) is 5.35. The Balaban J connectivity index is 1.62. The minimum absolute atomic E-state index is 0.156. The molecular formula is C15H23FN2. The third-order valence-corrected chi connectivity index (χ3v) is 3.66. The minimum atomic E-state index is -0.156. The lowest BCUT2D eigenvalue weighted by Crippen LogP contribution is -2.37. The smallest absolute Gasteiger partial charge is 0.123 e. The summed E-state index contributed by atoms with van der Waals surface area (Å²) in [6.45, 7) is 4.53. The summed E-state index contributed by atoms with van der Waals surface area (Å²) in [7, 11) is 2.20. The second-order valence-corrected chi connectivity index (χ2v) is 5.35. The predicted molar refractivity (Wildman–Crippen MR) is 73.2 cm³/mol. The molecule has 3 heteroatoms. The molecule has 1 unspecified atom stereocenters. The van der Waals surface area contributed by atoms with E-state index in [0.717, 1.165) is 25.4 Å². The van der Waals surface area contributed by atoms with Gasteiger partial charge in [0.2, 0.25) is 0 Å². The summed E-state index contributed by atoms with van der Waals surface area (Å²) < 4.78 is 12.7. The molecule has 0 saturated carbocycles. The van der Waals surface area contributed by atoms with E-state index in [1.807, 2.05) is 12.1 Å². The molecule has 1 N–H and O–H groups in total. The van der Waals surface area contributed by atoms with E-state index in [2.05, 4.69) is 17.3 Å². The number of rotatable bonds is 5. The summed E-state index contributed by atoms with van der Waals surface area (Å²) in [4.78, 5) is 2.41. The average Bonchev–Trinajstić information content (AvgIpc) is 2.37. The first-order valence-electron chi connectivity index (χ1n) is 6.88. The SMILES string of the molecule is CN1CCCC(CNCCc2ccc(F)cc2)C1. The number of likely N-dealkylation sites (tertiary alicyclic amines) is 1. The van der Waals surface area contributed by atoms with Crippen molar-refractivity contribution in [2.75, 3.05) is 33.2 Å². The molecule has 1 heterocycles. The summed E-state index contributed by atoms with van der Waals surface area (Å²) >= 11 is 0. The number of hydrogen-bond acceptors (Lipinski definition) is 2. The fourth-order valence-electron chi connectivity index (χ4n) is 2.63. The fraction of sp³-hybridized carbons (Fsp3) is 0.600. The van der Waals surface area contributed by atoms with Gasteiger partial charge in [-0.1, -0.05) is 12.1 Å². The van der Waals surface area contributed by atoms with Gasteiger partial charge in [0.05, 0.1) is 0 Å². The highest BCUT2D eigenvalue weighted by Crippen LogP contribution is 2.13. The first-order chi connectivity index (χ1) is 8.74. The molecule has 1 fully saturated rings. The molecule has 0 amide bonds. The minimum Gasteiger partial charge on any atom is -0.316 e. The van der Waals surface area contributed by atoms with Gasteiger partial charge in [0.1, 0.15) is 5.82 Å². The molecule has 1 aromatic carbocycles. The maximum absolute atomic E-state index is 12.7. The number of benzene rings is 1. The quantitative estimate of drug-likeness (QED) is 0.807. The first-order valence-corrected chi connectivity index (χ1v) is 6.88. The molecule has 1 saturated heterocycles. The molecule has 0 aliphatic carbocycles. The standard InChI is InChI=1S/C15H23FN2/c1-18-10-2-3-14(12-18)11-17-9-8-13-4-6-15(16)7-5-13/h4-7,14,17H,2-3,8-12H2,1H3. The van der Waals surface area contributed by atoms with Crippen molar-refractivity contribution in [3.63, 3.8) is 0 Å². The maximum Gasteiger partial charge on any atom is 0.123 e. The lowest BCUT2D eigenvalue weighted by Gasteiger charge is -2.29. The van der Waals surface area contributed by atoms with Gasteiger partial charge < -0.3 is 10.2 Å². The summed E-state index contributed by atoms with van der Waals surface area (Å²) in [5.74, 6) is 0.633. The third-order valence-electron chi connectivity index (χ3n) is 3.66. The largest absolute Gasteiger partial charge is 0.316 e. The Morgan fingerprint density at radius 3 is 2.83 bits per heavy atom. The number of piperidine rings is 1. The summed E-state index contributed by atoms with van der Waals surface area (Å²) in [6.07, 6.45) is 3.64. The van der Waals surface area contributed by atoms with E-state index >= 15 is 0 Å². The Hall–Kier alpha value is -0.930. The van der Waals surface area contributed by atoms with Gasteiger partial charge in [-0.25, -0.2) is 4.39 Å². The molecule has 1 aliphatic rings. The number of nitrogens with zero attached hydrogens (tertiary/aromatic N) is 1. The molecule has 0 aromatic heterocycles. The molecule has 0 radical (unpaired) electrons. The van der Waals surface area contributed by atoms with Crippen LogP contribution in [-0.2, 0) is 6.42 Å². The Bertz CT molecular complexity index is 350. The predicted octanol–water partition coefficient (Wildman–Crippen LogP) is 2.30. The highest BCUT2D eigenvalue weighted by Gasteiger charge is 2.16. The van der Waals surface area contributed by atoms with Crippen LogP contribution in [0.1, 0.15) is 18.4 Å². The van der Waals surface area contributed by atoms with E-state index in [1.165, 1.54) is 43.6 Å². The van der Waals surface area contributed by atoms with Crippen LogP contribution in [0.3, 0.4) is 0 Å². The van der Waals surface area contributed by atoms with Gasteiger partial charge in [0.25, 0.3) is 0 Å². The lowest BCUT2D eigenvalue weighted by atomic mass is 9.98. The van der Waals surface area contributed by atoms with Crippen LogP contribution >= 0.6 is 0 Å². The highest BCUT2D eigenvalue weighted by molar-refractivity contribution is 5.16. The van der Waals surface area contributed by atoms with E-state index in [1.54, 1.807) is 0 Å². The monoisotopic (exact) mass is 250 g/mol. The second kappa shape index (κ2) is 6.86. The number of nitrogens with one attached hydrogen (secondary N) is 1. The molecule has 0 spiro atoms. The summed E-state index contributed by atoms with van der Waals surface area (Å²) in [5, 5.41) is 3.52. The third kappa shape index (κ3) is 4.39. The Labute approximate surface area is 109 Å². The Morgan fingerprint density at radius 2 is 2.11 bits per heavy atom. The van der Waals surface area contributed by atoms with Crippen LogP contribution in [0.5, 0.6) is 0 Å². The average molecular weight is 250 g/mol. The number of hydrogen-bond donors (Lipinski definition) is 1. The zero-order valence-electron chi connectivity index (χ0n) is 11.2. The number of halogens is 1. The van der Waals surface area contributed by atoms with Crippen LogP contribution in [0.2, 0.25) is 0 Å². The molecule has 18 heavy (non-hydrogen) atoms. The van der Waals surface area contributed by atoms with Crippen molar-refractivity contribution in [2.24, 2.45) is 5.92 Å². The highest BCUT2D eigenvalue weighted by atomic mass is 19.1. The van der Waals surface area contributed by atoms with Crippen LogP contribution in [0, 0.1) is 11.7 Å². The fourth-order valence-corrected chi connectivity index (χ4v) is 2.63. The van der Waals surface area contributed by atoms with Crippen LogP contribution in [0.15, 0.2) is 24.3 Å². The first kappa shape index (κ1) is 13.5. The maximum atomic E-state index is 12.7. The van der Waals surface area contributed by atoms with Gasteiger partial charge in [0, 0.05) is 6.54 Å².